The fourth-order valence-corrected chi connectivity index (χ4v) is 2.39. The minimum atomic E-state index is 0.631. The summed E-state index contributed by atoms with van der Waals surface area (Å²) in [5.41, 5.74) is 4.37. The van der Waals surface area contributed by atoms with E-state index in [0.29, 0.717) is 6.61 Å². The van der Waals surface area contributed by atoms with Crippen molar-refractivity contribution >= 4 is 16.7 Å². The molecule has 3 heteroatoms. The lowest BCUT2D eigenvalue weighted by molar-refractivity contribution is 0.134. The topological polar surface area (TPSA) is 34.4 Å². The minimum Gasteiger partial charge on any atom is -0.464 e. The predicted molar refractivity (Wildman–Crippen MR) is 85.3 cm³/mol. The summed E-state index contributed by atoms with van der Waals surface area (Å²) in [7, 11) is 0. The number of rotatable bonds is 6. The van der Waals surface area contributed by atoms with Gasteiger partial charge >= 0.3 is 0 Å². The average Bonchev–Trinajstić information content (AvgIpc) is 2.95. The third-order valence-corrected chi connectivity index (χ3v) is 3.51. The number of hydrogen-bond acceptors (Lipinski definition) is 3. The van der Waals surface area contributed by atoms with E-state index in [9.17, 15) is 0 Å². The summed E-state index contributed by atoms with van der Waals surface area (Å²) in [6.45, 7) is 4.10. The van der Waals surface area contributed by atoms with E-state index >= 15 is 0 Å². The van der Waals surface area contributed by atoms with Gasteiger partial charge in [0, 0.05) is 35.4 Å². The number of fused-ring (bicyclic) bond motifs is 1. The zero-order chi connectivity index (χ0) is 14.5. The second kappa shape index (κ2) is 6.46. The first kappa shape index (κ1) is 13.7. The maximum absolute atomic E-state index is 5.57. The number of benzene rings is 2. The highest BCUT2D eigenvalue weighted by molar-refractivity contribution is 5.81. The lowest BCUT2D eigenvalue weighted by Crippen LogP contribution is -2.03. The molecule has 0 fully saturated rings. The van der Waals surface area contributed by atoms with Gasteiger partial charge in [-0.05, 0) is 19.1 Å². The quantitative estimate of drug-likeness (QED) is 0.718. The lowest BCUT2D eigenvalue weighted by Gasteiger charge is -2.11. The van der Waals surface area contributed by atoms with E-state index in [1.54, 1.807) is 0 Å². The molecule has 0 radical (unpaired) electrons. The Labute approximate surface area is 124 Å². The smallest absolute Gasteiger partial charge is 0.134 e. The Hall–Kier alpha value is -2.26. The molecule has 0 bridgehead atoms. The molecule has 0 aliphatic heterocycles. The third-order valence-electron chi connectivity index (χ3n) is 3.51. The summed E-state index contributed by atoms with van der Waals surface area (Å²) in [5, 5.41) is 4.64. The number of furan rings is 1. The molecular weight excluding hydrogens is 262 g/mol. The van der Waals surface area contributed by atoms with Gasteiger partial charge in [-0.25, -0.2) is 0 Å². The number of nitrogens with one attached hydrogen (secondary N) is 1. The van der Waals surface area contributed by atoms with Crippen LogP contribution in [0.15, 0.2) is 59.2 Å². The van der Waals surface area contributed by atoms with Crippen LogP contribution in [0.1, 0.15) is 18.1 Å². The van der Waals surface area contributed by atoms with Crippen LogP contribution in [0.5, 0.6) is 0 Å². The Morgan fingerprint density at radius 2 is 1.81 bits per heavy atom. The van der Waals surface area contributed by atoms with Gasteiger partial charge in [0.1, 0.15) is 5.58 Å². The van der Waals surface area contributed by atoms with Crippen LogP contribution in [0.2, 0.25) is 0 Å². The molecule has 0 amide bonds. The van der Waals surface area contributed by atoms with Crippen LogP contribution < -0.4 is 5.32 Å². The highest BCUT2D eigenvalue weighted by atomic mass is 16.5. The first-order valence-electron chi connectivity index (χ1n) is 7.23. The van der Waals surface area contributed by atoms with Crippen molar-refractivity contribution in [1.29, 1.82) is 0 Å². The predicted octanol–water partition coefficient (Wildman–Crippen LogP) is 4.58. The Kier molecular flexibility index (Phi) is 4.22. The summed E-state index contributed by atoms with van der Waals surface area (Å²) < 4.78 is 11.1. The maximum Gasteiger partial charge on any atom is 0.134 e. The molecule has 108 valence electrons. The van der Waals surface area contributed by atoms with E-state index in [0.717, 1.165) is 35.4 Å². The summed E-state index contributed by atoms with van der Waals surface area (Å²) in [5.74, 6) is 0. The second-order valence-electron chi connectivity index (χ2n) is 4.90. The van der Waals surface area contributed by atoms with E-state index in [1.807, 2.05) is 43.5 Å². The first-order valence-corrected chi connectivity index (χ1v) is 7.23. The van der Waals surface area contributed by atoms with Crippen molar-refractivity contribution in [1.82, 2.24) is 0 Å². The molecule has 0 aliphatic carbocycles. The van der Waals surface area contributed by atoms with E-state index < -0.39 is 0 Å². The van der Waals surface area contributed by atoms with Crippen molar-refractivity contribution < 1.29 is 9.15 Å². The normalized spacial score (nSPS) is 10.9. The fourth-order valence-electron chi connectivity index (χ4n) is 2.39. The molecule has 2 aromatic carbocycles. The number of hydrogen-bond donors (Lipinski definition) is 1. The molecule has 3 nitrogen and oxygen atoms in total. The van der Waals surface area contributed by atoms with E-state index in [-0.39, 0.29) is 0 Å². The van der Waals surface area contributed by atoms with Crippen molar-refractivity contribution in [3.05, 3.63) is 65.9 Å². The highest BCUT2D eigenvalue weighted by Gasteiger charge is 2.06. The van der Waals surface area contributed by atoms with Gasteiger partial charge in [0.2, 0.25) is 0 Å². The van der Waals surface area contributed by atoms with Crippen LogP contribution in [0.3, 0.4) is 0 Å². The third kappa shape index (κ3) is 3.09. The monoisotopic (exact) mass is 281 g/mol. The molecule has 0 saturated carbocycles. The fraction of sp³-hybridized carbons (Fsp3) is 0.222. The standard InChI is InChI=1S/C18H19NO2/c1-2-20-12-14-7-3-5-9-17(14)19-11-15-13-21-18-10-6-4-8-16(15)18/h3-10,13,19H,2,11-12H2,1H3. The zero-order valence-corrected chi connectivity index (χ0v) is 12.1. The van der Waals surface area contributed by atoms with Crippen LogP contribution >= 0.6 is 0 Å². The van der Waals surface area contributed by atoms with E-state index in [1.165, 1.54) is 5.56 Å². The molecule has 3 aromatic rings. The number of anilines is 1. The minimum absolute atomic E-state index is 0.631. The summed E-state index contributed by atoms with van der Waals surface area (Å²) >= 11 is 0. The van der Waals surface area contributed by atoms with Crippen LogP contribution in [0.4, 0.5) is 5.69 Å². The SMILES string of the molecule is CCOCc1ccccc1NCc1coc2ccccc12. The Balaban J connectivity index is 1.75. The van der Waals surface area contributed by atoms with E-state index in [2.05, 4.69) is 23.5 Å². The van der Waals surface area contributed by atoms with Gasteiger partial charge in [-0.1, -0.05) is 36.4 Å². The molecule has 1 N–H and O–H groups in total. The van der Waals surface area contributed by atoms with Gasteiger partial charge in [-0.15, -0.1) is 0 Å². The van der Waals surface area contributed by atoms with Crippen molar-refractivity contribution in [2.24, 2.45) is 0 Å². The second-order valence-corrected chi connectivity index (χ2v) is 4.90. The van der Waals surface area contributed by atoms with Gasteiger partial charge < -0.3 is 14.5 Å². The van der Waals surface area contributed by atoms with Crippen molar-refractivity contribution in [2.45, 2.75) is 20.1 Å². The lowest BCUT2D eigenvalue weighted by atomic mass is 10.1. The van der Waals surface area contributed by atoms with Crippen LogP contribution in [-0.2, 0) is 17.9 Å². The molecule has 21 heavy (non-hydrogen) atoms. The van der Waals surface area contributed by atoms with Gasteiger partial charge in [-0.3, -0.25) is 0 Å². The number of ether oxygens (including phenoxy) is 1. The van der Waals surface area contributed by atoms with Crippen LogP contribution in [-0.4, -0.2) is 6.61 Å². The van der Waals surface area contributed by atoms with E-state index in [4.69, 9.17) is 9.15 Å². The molecule has 3 rings (SSSR count). The highest BCUT2D eigenvalue weighted by Crippen LogP contribution is 2.23. The molecule has 0 saturated heterocycles. The maximum atomic E-state index is 5.57. The molecule has 0 unspecified atom stereocenters. The summed E-state index contributed by atoms with van der Waals surface area (Å²) in [6.07, 6.45) is 1.82. The Bertz CT molecular complexity index is 718. The van der Waals surface area contributed by atoms with Crippen LogP contribution in [0, 0.1) is 0 Å². The zero-order valence-electron chi connectivity index (χ0n) is 12.1. The van der Waals surface area contributed by atoms with Crippen molar-refractivity contribution in [2.75, 3.05) is 11.9 Å². The Morgan fingerprint density at radius 3 is 2.71 bits per heavy atom. The van der Waals surface area contributed by atoms with Gasteiger partial charge in [0.05, 0.1) is 12.9 Å². The van der Waals surface area contributed by atoms with Gasteiger partial charge in [0.15, 0.2) is 0 Å². The van der Waals surface area contributed by atoms with Crippen LogP contribution in [0.25, 0.3) is 11.0 Å². The molecule has 0 spiro atoms. The van der Waals surface area contributed by atoms with Crippen molar-refractivity contribution in [3.63, 3.8) is 0 Å². The largest absolute Gasteiger partial charge is 0.464 e. The number of para-hydroxylation sites is 2. The summed E-state index contributed by atoms with van der Waals surface area (Å²) in [6, 6.07) is 16.3. The molecular formula is C18H19NO2. The molecule has 1 heterocycles. The molecule has 1 aromatic heterocycles. The first-order chi connectivity index (χ1) is 10.4. The van der Waals surface area contributed by atoms with Gasteiger partial charge in [-0.2, -0.15) is 0 Å². The molecule has 0 atom stereocenters. The van der Waals surface area contributed by atoms with Crippen molar-refractivity contribution in [3.8, 4) is 0 Å². The van der Waals surface area contributed by atoms with Gasteiger partial charge in [0.25, 0.3) is 0 Å². The summed E-state index contributed by atoms with van der Waals surface area (Å²) in [4.78, 5) is 0. The average molecular weight is 281 g/mol. The Morgan fingerprint density at radius 1 is 1.00 bits per heavy atom. The molecule has 0 aliphatic rings.